The lowest BCUT2D eigenvalue weighted by atomic mass is 10.0. The first-order valence-corrected chi connectivity index (χ1v) is 5.97. The normalized spacial score (nSPS) is 9.76. The summed E-state index contributed by atoms with van der Waals surface area (Å²) in [5, 5.41) is 9.33. The van der Waals surface area contributed by atoms with E-state index in [2.05, 4.69) is 0 Å². The molecule has 0 aliphatic heterocycles. The molecule has 0 bridgehead atoms. The summed E-state index contributed by atoms with van der Waals surface area (Å²) in [5.74, 6) is -0.205. The molecule has 0 aliphatic carbocycles. The molecular weight excluding hydrogens is 261 g/mol. The molecule has 90 valence electrons. The molecule has 1 aromatic rings. The molecule has 0 radical (unpaired) electrons. The molecule has 0 unspecified atom stereocenters. The van der Waals surface area contributed by atoms with E-state index >= 15 is 0 Å². The Morgan fingerprint density at radius 3 is 2.76 bits per heavy atom. The Hall–Kier alpha value is -1.24. The first kappa shape index (κ1) is 13.8. The summed E-state index contributed by atoms with van der Waals surface area (Å²) in [6.07, 6.45) is 0.0990. The number of carbonyl (C=O) groups excluding carboxylic acids is 1. The molecule has 0 amide bonds. The largest absolute Gasteiger partial charge is 0.466 e. The van der Waals surface area contributed by atoms with Gasteiger partial charge in [0.1, 0.15) is 6.07 Å². The average Bonchev–Trinajstić information content (AvgIpc) is 2.31. The molecule has 0 fully saturated rings. The van der Waals surface area contributed by atoms with Crippen molar-refractivity contribution in [3.63, 3.8) is 0 Å². The number of benzene rings is 1. The van der Waals surface area contributed by atoms with E-state index in [0.29, 0.717) is 28.3 Å². The Kier molecular flexibility index (Phi) is 5.27. The lowest BCUT2D eigenvalue weighted by Gasteiger charge is -2.09. The van der Waals surface area contributed by atoms with Crippen LogP contribution in [0.15, 0.2) is 12.1 Å². The van der Waals surface area contributed by atoms with Gasteiger partial charge in [-0.1, -0.05) is 17.7 Å². The van der Waals surface area contributed by atoms with E-state index < -0.39 is 0 Å². The summed E-state index contributed by atoms with van der Waals surface area (Å²) in [5.41, 5.74) is 1.59. The van der Waals surface area contributed by atoms with Gasteiger partial charge in [0, 0.05) is 5.88 Å². The van der Waals surface area contributed by atoms with Crippen LogP contribution in [0.5, 0.6) is 0 Å². The fourth-order valence-corrected chi connectivity index (χ4v) is 1.99. The minimum absolute atomic E-state index is 0.0990. The third kappa shape index (κ3) is 3.36. The maximum atomic E-state index is 11.4. The molecule has 0 heterocycles. The highest BCUT2D eigenvalue weighted by Gasteiger charge is 2.14. The van der Waals surface area contributed by atoms with Gasteiger partial charge in [0.2, 0.25) is 0 Å². The zero-order chi connectivity index (χ0) is 12.8. The number of alkyl halides is 1. The molecule has 0 atom stereocenters. The van der Waals surface area contributed by atoms with Gasteiger partial charge in [-0.15, -0.1) is 11.6 Å². The number of nitrogens with zero attached hydrogens (tertiary/aromatic N) is 1. The predicted octanol–water partition coefficient (Wildman–Crippen LogP) is 3.06. The molecule has 1 rings (SSSR count). The molecule has 3 nitrogen and oxygen atoms in total. The Bertz CT molecular complexity index is 466. The number of hydrogen-bond donors (Lipinski definition) is 0. The highest BCUT2D eigenvalue weighted by molar-refractivity contribution is 6.32. The van der Waals surface area contributed by atoms with Gasteiger partial charge < -0.3 is 4.74 Å². The number of nitriles is 1. The van der Waals surface area contributed by atoms with Gasteiger partial charge in [-0.3, -0.25) is 4.79 Å². The number of ether oxygens (including phenoxy) is 1. The van der Waals surface area contributed by atoms with Crippen molar-refractivity contribution in [3.8, 4) is 6.07 Å². The van der Waals surface area contributed by atoms with Crippen molar-refractivity contribution in [2.24, 2.45) is 0 Å². The highest BCUT2D eigenvalue weighted by atomic mass is 35.5. The number of esters is 1. The Morgan fingerprint density at radius 2 is 2.24 bits per heavy atom. The maximum Gasteiger partial charge on any atom is 0.310 e. The van der Waals surface area contributed by atoms with Crippen molar-refractivity contribution in [2.45, 2.75) is 19.2 Å². The fraction of sp³-hybridized carbons (Fsp3) is 0.333. The predicted molar refractivity (Wildman–Crippen MR) is 66.1 cm³/mol. The second-order valence-electron chi connectivity index (χ2n) is 3.29. The van der Waals surface area contributed by atoms with E-state index in [0.717, 1.165) is 0 Å². The van der Waals surface area contributed by atoms with Crippen LogP contribution in [0.25, 0.3) is 0 Å². The average molecular weight is 272 g/mol. The monoisotopic (exact) mass is 271 g/mol. The van der Waals surface area contributed by atoms with Crippen molar-refractivity contribution in [3.05, 3.63) is 33.8 Å². The van der Waals surface area contributed by atoms with Gasteiger partial charge in [0.15, 0.2) is 0 Å². The molecule has 17 heavy (non-hydrogen) atoms. The molecular formula is C12H11Cl2NO2. The van der Waals surface area contributed by atoms with Crippen molar-refractivity contribution in [1.82, 2.24) is 0 Å². The molecule has 0 aromatic heterocycles. The quantitative estimate of drug-likeness (QED) is 0.625. The van der Waals surface area contributed by atoms with E-state index in [1.165, 1.54) is 0 Å². The van der Waals surface area contributed by atoms with Gasteiger partial charge >= 0.3 is 5.97 Å². The van der Waals surface area contributed by atoms with Crippen LogP contribution in [0.4, 0.5) is 0 Å². The molecule has 0 N–H and O–H groups in total. The van der Waals surface area contributed by atoms with Crippen LogP contribution in [0.3, 0.4) is 0 Å². The zero-order valence-corrected chi connectivity index (χ0v) is 10.8. The van der Waals surface area contributed by atoms with Crippen LogP contribution in [0.2, 0.25) is 5.02 Å². The summed E-state index contributed by atoms with van der Waals surface area (Å²) in [7, 11) is 0. The first-order valence-electron chi connectivity index (χ1n) is 5.06. The van der Waals surface area contributed by atoms with Crippen LogP contribution in [-0.4, -0.2) is 12.6 Å². The van der Waals surface area contributed by atoms with Crippen molar-refractivity contribution >= 4 is 29.2 Å². The van der Waals surface area contributed by atoms with E-state index in [4.69, 9.17) is 33.2 Å². The van der Waals surface area contributed by atoms with Gasteiger partial charge in [0.25, 0.3) is 0 Å². The Balaban J connectivity index is 3.09. The number of carbonyl (C=O) groups is 1. The number of halogens is 2. The van der Waals surface area contributed by atoms with Crippen LogP contribution in [0, 0.1) is 11.3 Å². The number of rotatable bonds is 4. The summed E-state index contributed by atoms with van der Waals surface area (Å²) >= 11 is 11.7. The van der Waals surface area contributed by atoms with Crippen molar-refractivity contribution in [1.29, 1.82) is 5.26 Å². The topological polar surface area (TPSA) is 50.1 Å². The van der Waals surface area contributed by atoms with E-state index in [1.54, 1.807) is 19.1 Å². The summed E-state index contributed by atoms with van der Waals surface area (Å²) in [6.45, 7) is 2.07. The SMILES string of the molecule is CCOC(=O)Cc1ccc(Cl)c(C#N)c1CCl. The molecule has 0 spiro atoms. The zero-order valence-electron chi connectivity index (χ0n) is 9.30. The highest BCUT2D eigenvalue weighted by Crippen LogP contribution is 2.25. The minimum atomic E-state index is -0.343. The third-order valence-electron chi connectivity index (χ3n) is 2.24. The van der Waals surface area contributed by atoms with Crippen LogP contribution in [-0.2, 0) is 21.8 Å². The maximum absolute atomic E-state index is 11.4. The van der Waals surface area contributed by atoms with Gasteiger partial charge in [-0.05, 0) is 24.1 Å². The fourth-order valence-electron chi connectivity index (χ4n) is 1.47. The van der Waals surface area contributed by atoms with Crippen molar-refractivity contribution < 1.29 is 9.53 Å². The second kappa shape index (κ2) is 6.48. The van der Waals surface area contributed by atoms with Gasteiger partial charge in [-0.25, -0.2) is 0 Å². The van der Waals surface area contributed by atoms with Crippen LogP contribution in [0.1, 0.15) is 23.6 Å². The minimum Gasteiger partial charge on any atom is -0.466 e. The molecule has 0 aliphatic rings. The standard InChI is InChI=1S/C12H11Cl2NO2/c1-2-17-12(16)5-8-3-4-11(14)10(7-15)9(8)6-13/h3-4H,2,5-6H2,1H3. The third-order valence-corrected chi connectivity index (χ3v) is 2.83. The van der Waals surface area contributed by atoms with Gasteiger partial charge in [-0.2, -0.15) is 5.26 Å². The van der Waals surface area contributed by atoms with Crippen molar-refractivity contribution in [2.75, 3.05) is 6.61 Å². The van der Waals surface area contributed by atoms with E-state index in [9.17, 15) is 4.79 Å². The summed E-state index contributed by atoms with van der Waals surface area (Å²) in [6, 6.07) is 5.27. The summed E-state index contributed by atoms with van der Waals surface area (Å²) < 4.78 is 4.85. The van der Waals surface area contributed by atoms with Crippen LogP contribution >= 0.6 is 23.2 Å². The smallest absolute Gasteiger partial charge is 0.310 e. The lowest BCUT2D eigenvalue weighted by Crippen LogP contribution is -2.09. The first-order chi connectivity index (χ1) is 8.13. The van der Waals surface area contributed by atoms with E-state index in [-0.39, 0.29) is 18.3 Å². The van der Waals surface area contributed by atoms with E-state index in [1.807, 2.05) is 6.07 Å². The Labute approximate surface area is 110 Å². The lowest BCUT2D eigenvalue weighted by molar-refractivity contribution is -0.142. The molecule has 1 aromatic carbocycles. The van der Waals surface area contributed by atoms with Gasteiger partial charge in [0.05, 0.1) is 23.6 Å². The molecule has 0 saturated heterocycles. The molecule has 0 saturated carbocycles. The Morgan fingerprint density at radius 1 is 1.53 bits per heavy atom. The second-order valence-corrected chi connectivity index (χ2v) is 3.96. The summed E-state index contributed by atoms with van der Waals surface area (Å²) in [4.78, 5) is 11.4. The molecule has 5 heteroatoms. The van der Waals surface area contributed by atoms with Crippen LogP contribution < -0.4 is 0 Å². The number of hydrogen-bond acceptors (Lipinski definition) is 3.